The average molecular weight is 431 g/mol. The molecule has 0 aliphatic rings. The fourth-order valence-corrected chi connectivity index (χ4v) is 3.72. The Labute approximate surface area is 191 Å². The lowest BCUT2D eigenvalue weighted by Gasteiger charge is -2.13. The number of nitrogens with zero attached hydrogens (tertiary/aromatic N) is 3. The fraction of sp³-hybridized carbons (Fsp3) is 0.0370. The molecular formula is C27H21N5O. The summed E-state index contributed by atoms with van der Waals surface area (Å²) in [5.41, 5.74) is 6.32. The quantitative estimate of drug-likeness (QED) is 0.333. The third-order valence-corrected chi connectivity index (χ3v) is 5.50. The van der Waals surface area contributed by atoms with Gasteiger partial charge in [0.15, 0.2) is 0 Å². The molecule has 0 spiro atoms. The van der Waals surface area contributed by atoms with Gasteiger partial charge in [-0.1, -0.05) is 36.9 Å². The first-order valence-electron chi connectivity index (χ1n) is 10.5. The maximum atomic E-state index is 11.8. The lowest BCUT2D eigenvalue weighted by molar-refractivity contribution is -0.111. The first-order valence-corrected chi connectivity index (χ1v) is 10.5. The number of aromatic nitrogens is 3. The Hall–Kier alpha value is -4.58. The van der Waals surface area contributed by atoms with Gasteiger partial charge >= 0.3 is 0 Å². The molecule has 0 unspecified atom stereocenters. The van der Waals surface area contributed by atoms with Crippen molar-refractivity contribution in [2.75, 3.05) is 10.6 Å². The second-order valence-electron chi connectivity index (χ2n) is 7.72. The molecule has 5 rings (SSSR count). The molecule has 2 N–H and O–H groups in total. The molecule has 5 aromatic rings. The van der Waals surface area contributed by atoms with Gasteiger partial charge in [-0.3, -0.25) is 9.78 Å². The Morgan fingerprint density at radius 2 is 1.79 bits per heavy atom. The number of hydrogen-bond acceptors (Lipinski definition) is 5. The summed E-state index contributed by atoms with van der Waals surface area (Å²) < 4.78 is 0. The number of benzene rings is 3. The first kappa shape index (κ1) is 20.3. The summed E-state index contributed by atoms with van der Waals surface area (Å²) in [7, 11) is 0. The molecular weight excluding hydrogens is 410 g/mol. The van der Waals surface area contributed by atoms with Gasteiger partial charge in [0.2, 0.25) is 5.91 Å². The van der Waals surface area contributed by atoms with Gasteiger partial charge in [0.05, 0.1) is 11.0 Å². The topological polar surface area (TPSA) is 79.8 Å². The summed E-state index contributed by atoms with van der Waals surface area (Å²) in [6, 6.07) is 22.1. The van der Waals surface area contributed by atoms with Crippen LogP contribution >= 0.6 is 0 Å². The van der Waals surface area contributed by atoms with E-state index in [1.165, 1.54) is 12.4 Å². The third kappa shape index (κ3) is 4.14. The number of fused-ring (bicyclic) bond motifs is 2. The van der Waals surface area contributed by atoms with Gasteiger partial charge in [-0.05, 0) is 60.5 Å². The van der Waals surface area contributed by atoms with Crippen LogP contribution in [0.1, 0.15) is 5.56 Å². The summed E-state index contributed by atoms with van der Waals surface area (Å²) in [5, 5.41) is 8.18. The number of rotatable bonds is 5. The molecule has 2 heterocycles. The minimum Gasteiger partial charge on any atom is -0.340 e. The Morgan fingerprint density at radius 3 is 2.67 bits per heavy atom. The van der Waals surface area contributed by atoms with Crippen LogP contribution in [0.5, 0.6) is 0 Å². The number of hydrogen-bond donors (Lipinski definition) is 2. The van der Waals surface area contributed by atoms with Crippen molar-refractivity contribution in [1.82, 2.24) is 15.0 Å². The fourth-order valence-electron chi connectivity index (χ4n) is 3.72. The normalized spacial score (nSPS) is 10.8. The molecule has 160 valence electrons. The maximum absolute atomic E-state index is 11.8. The summed E-state index contributed by atoms with van der Waals surface area (Å²) >= 11 is 0. The van der Waals surface area contributed by atoms with Crippen LogP contribution < -0.4 is 10.6 Å². The summed E-state index contributed by atoms with van der Waals surface area (Å²) in [6.07, 6.45) is 4.67. The second kappa shape index (κ2) is 8.51. The third-order valence-electron chi connectivity index (χ3n) is 5.50. The van der Waals surface area contributed by atoms with Gasteiger partial charge in [-0.25, -0.2) is 9.97 Å². The highest BCUT2D eigenvalue weighted by atomic mass is 16.1. The molecule has 0 aliphatic heterocycles. The zero-order valence-corrected chi connectivity index (χ0v) is 18.0. The van der Waals surface area contributed by atoms with Crippen LogP contribution in [0.15, 0.2) is 91.9 Å². The van der Waals surface area contributed by atoms with E-state index >= 15 is 0 Å². The van der Waals surface area contributed by atoms with Gasteiger partial charge in [0, 0.05) is 33.9 Å². The number of pyridine rings is 1. The number of carbonyl (C=O) groups is 1. The van der Waals surface area contributed by atoms with Crippen molar-refractivity contribution < 1.29 is 4.79 Å². The van der Waals surface area contributed by atoms with Crippen LogP contribution in [0.4, 0.5) is 17.2 Å². The standard InChI is InChI=1S/C27H21N5O/c1-3-26(33)32-25-14-21(10-8-17(25)2)31-27-22-13-18(9-11-24(22)29-16-30-27)20-12-19-6-4-5-7-23(19)28-15-20/h3-16H,1H2,2H3,(H,32,33)(H,29,30,31). The van der Waals surface area contributed by atoms with E-state index in [9.17, 15) is 4.79 Å². The van der Waals surface area contributed by atoms with Crippen LogP contribution in [0.3, 0.4) is 0 Å². The van der Waals surface area contributed by atoms with E-state index in [0.717, 1.165) is 44.2 Å². The Bertz CT molecular complexity index is 1530. The van der Waals surface area contributed by atoms with Gasteiger partial charge in [0.1, 0.15) is 12.1 Å². The van der Waals surface area contributed by atoms with Gasteiger partial charge < -0.3 is 10.6 Å². The zero-order chi connectivity index (χ0) is 22.8. The van der Waals surface area contributed by atoms with Crippen LogP contribution in [0.25, 0.3) is 32.9 Å². The minimum atomic E-state index is -0.253. The molecule has 0 saturated carbocycles. The van der Waals surface area contributed by atoms with Crippen LogP contribution in [0.2, 0.25) is 0 Å². The summed E-state index contributed by atoms with van der Waals surface area (Å²) in [4.78, 5) is 25.2. The first-order chi connectivity index (χ1) is 16.1. The maximum Gasteiger partial charge on any atom is 0.247 e. The van der Waals surface area contributed by atoms with E-state index < -0.39 is 0 Å². The van der Waals surface area contributed by atoms with Crippen molar-refractivity contribution in [3.63, 3.8) is 0 Å². The van der Waals surface area contributed by atoms with E-state index in [2.05, 4.69) is 50.4 Å². The average Bonchev–Trinajstić information content (AvgIpc) is 2.85. The number of nitrogens with one attached hydrogen (secondary N) is 2. The molecule has 0 bridgehead atoms. The largest absolute Gasteiger partial charge is 0.340 e. The molecule has 0 aliphatic carbocycles. The van der Waals surface area contributed by atoms with Crippen LogP contribution in [-0.4, -0.2) is 20.9 Å². The molecule has 6 heteroatoms. The second-order valence-corrected chi connectivity index (χ2v) is 7.72. The number of anilines is 3. The smallest absolute Gasteiger partial charge is 0.247 e. The number of para-hydroxylation sites is 1. The van der Waals surface area contributed by atoms with Crippen molar-refractivity contribution in [3.8, 4) is 11.1 Å². The zero-order valence-electron chi connectivity index (χ0n) is 18.0. The molecule has 3 aromatic carbocycles. The van der Waals surface area contributed by atoms with E-state index in [-0.39, 0.29) is 5.91 Å². The van der Waals surface area contributed by atoms with Crippen molar-refractivity contribution in [2.45, 2.75) is 6.92 Å². The molecule has 0 saturated heterocycles. The number of carbonyl (C=O) groups excluding carboxylic acids is 1. The Balaban J connectivity index is 1.53. The monoisotopic (exact) mass is 431 g/mol. The predicted octanol–water partition coefficient (Wildman–Crippen LogP) is 6.02. The van der Waals surface area contributed by atoms with Crippen molar-refractivity contribution in [1.29, 1.82) is 0 Å². The number of aryl methyl sites for hydroxylation is 1. The molecule has 2 aromatic heterocycles. The van der Waals surface area contributed by atoms with Crippen molar-refractivity contribution in [2.24, 2.45) is 0 Å². The highest BCUT2D eigenvalue weighted by molar-refractivity contribution is 6.00. The number of amides is 1. The van der Waals surface area contributed by atoms with Crippen LogP contribution in [-0.2, 0) is 4.79 Å². The van der Waals surface area contributed by atoms with Gasteiger partial charge in [-0.2, -0.15) is 0 Å². The molecule has 33 heavy (non-hydrogen) atoms. The van der Waals surface area contributed by atoms with Crippen LogP contribution in [0, 0.1) is 6.92 Å². The Kier molecular flexibility index (Phi) is 5.24. The lowest BCUT2D eigenvalue weighted by atomic mass is 10.0. The molecule has 0 atom stereocenters. The van der Waals surface area contributed by atoms with E-state index in [1.807, 2.05) is 61.7 Å². The molecule has 0 radical (unpaired) electrons. The highest BCUT2D eigenvalue weighted by Crippen LogP contribution is 2.30. The minimum absolute atomic E-state index is 0.253. The molecule has 1 amide bonds. The highest BCUT2D eigenvalue weighted by Gasteiger charge is 2.09. The molecule has 0 fully saturated rings. The van der Waals surface area contributed by atoms with Crippen molar-refractivity contribution in [3.05, 3.63) is 97.5 Å². The molecule has 6 nitrogen and oxygen atoms in total. The van der Waals surface area contributed by atoms with E-state index in [4.69, 9.17) is 0 Å². The summed E-state index contributed by atoms with van der Waals surface area (Å²) in [6.45, 7) is 5.45. The van der Waals surface area contributed by atoms with Gasteiger partial charge in [0.25, 0.3) is 0 Å². The Morgan fingerprint density at radius 1 is 0.909 bits per heavy atom. The SMILES string of the molecule is C=CC(=O)Nc1cc(Nc2ncnc3ccc(-c4cnc5ccccc5c4)cc23)ccc1C. The van der Waals surface area contributed by atoms with E-state index in [1.54, 1.807) is 0 Å². The van der Waals surface area contributed by atoms with E-state index in [0.29, 0.717) is 11.5 Å². The summed E-state index contributed by atoms with van der Waals surface area (Å²) in [5.74, 6) is 0.428. The predicted molar refractivity (Wildman–Crippen MR) is 134 cm³/mol. The van der Waals surface area contributed by atoms with Crippen molar-refractivity contribution >= 4 is 44.9 Å². The lowest BCUT2D eigenvalue weighted by Crippen LogP contribution is -2.09. The van der Waals surface area contributed by atoms with Gasteiger partial charge in [-0.15, -0.1) is 0 Å².